The third kappa shape index (κ3) is 4.57. The lowest BCUT2D eigenvalue weighted by Crippen LogP contribution is -2.31. The van der Waals surface area contributed by atoms with Gasteiger partial charge in [-0.2, -0.15) is 0 Å². The molecule has 0 aliphatic carbocycles. The fourth-order valence-corrected chi connectivity index (χ4v) is 3.67. The number of thiazole rings is 1. The number of carbonyl (C=O) groups is 1. The van der Waals surface area contributed by atoms with Gasteiger partial charge in [-0.15, -0.1) is 0 Å². The number of hydrogen-bond donors (Lipinski definition) is 1. The molecule has 1 N–H and O–H groups in total. The number of hydrogen-bond acceptors (Lipinski definition) is 3. The number of rotatable bonds is 7. The number of benzene rings is 1. The van der Waals surface area contributed by atoms with Crippen LogP contribution < -0.4 is 10.2 Å². The first-order valence-corrected chi connectivity index (χ1v) is 9.20. The van der Waals surface area contributed by atoms with Gasteiger partial charge in [-0.3, -0.25) is 9.59 Å². The Hall–Kier alpha value is -1.88. The van der Waals surface area contributed by atoms with Crippen molar-refractivity contribution in [1.29, 1.82) is 0 Å². The summed E-state index contributed by atoms with van der Waals surface area (Å²) in [6, 6.07) is 10.3. The molecule has 1 aromatic carbocycles. The van der Waals surface area contributed by atoms with Crippen molar-refractivity contribution in [2.24, 2.45) is 5.92 Å². The second-order valence-corrected chi connectivity index (χ2v) is 7.64. The third-order valence-corrected chi connectivity index (χ3v) is 5.49. The summed E-state index contributed by atoms with van der Waals surface area (Å²) in [7, 11) is 0. The summed E-state index contributed by atoms with van der Waals surface area (Å²) in [4.78, 5) is 25.1. The van der Waals surface area contributed by atoms with E-state index in [9.17, 15) is 9.59 Å². The van der Waals surface area contributed by atoms with Crippen LogP contribution in [-0.4, -0.2) is 17.0 Å². The Labute approximate surface area is 147 Å². The number of aryl methyl sites for hydroxylation is 1. The molecular weight excluding hydrogens is 320 g/mol. The highest BCUT2D eigenvalue weighted by Gasteiger charge is 2.17. The van der Waals surface area contributed by atoms with Gasteiger partial charge in [0.15, 0.2) is 0 Å². The van der Waals surface area contributed by atoms with Gasteiger partial charge in [0.05, 0.1) is 0 Å². The number of carbonyl (C=O) groups excluding carboxylic acids is 1. The van der Waals surface area contributed by atoms with E-state index in [1.165, 1.54) is 16.9 Å². The monoisotopic (exact) mass is 346 g/mol. The highest BCUT2D eigenvalue weighted by atomic mass is 32.1. The summed E-state index contributed by atoms with van der Waals surface area (Å²) in [6.07, 6.45) is 0.330. The van der Waals surface area contributed by atoms with Crippen molar-refractivity contribution in [3.05, 3.63) is 56.1 Å². The van der Waals surface area contributed by atoms with Gasteiger partial charge in [0, 0.05) is 36.0 Å². The second-order valence-electron chi connectivity index (χ2n) is 6.48. The Bertz CT molecular complexity index is 732. The molecule has 2 aromatic rings. The van der Waals surface area contributed by atoms with E-state index >= 15 is 0 Å². The van der Waals surface area contributed by atoms with E-state index < -0.39 is 0 Å². The SMILES string of the molecule is Cc1sc(=O)n(CCC(=O)NCC(c2ccccc2)C(C)C)c1C. The molecule has 0 spiro atoms. The van der Waals surface area contributed by atoms with Crippen LogP contribution >= 0.6 is 11.3 Å². The first-order valence-electron chi connectivity index (χ1n) is 8.38. The number of nitrogens with zero attached hydrogens (tertiary/aromatic N) is 1. The van der Waals surface area contributed by atoms with Crippen LogP contribution in [0.25, 0.3) is 0 Å². The van der Waals surface area contributed by atoms with Crippen LogP contribution in [0.4, 0.5) is 0 Å². The summed E-state index contributed by atoms with van der Waals surface area (Å²) in [5, 5.41) is 3.03. The van der Waals surface area contributed by atoms with Crippen molar-refractivity contribution in [2.75, 3.05) is 6.54 Å². The van der Waals surface area contributed by atoms with Gasteiger partial charge in [-0.1, -0.05) is 55.5 Å². The molecule has 1 aromatic heterocycles. The highest BCUT2D eigenvalue weighted by Crippen LogP contribution is 2.23. The van der Waals surface area contributed by atoms with Gasteiger partial charge >= 0.3 is 4.87 Å². The van der Waals surface area contributed by atoms with Crippen LogP contribution in [0.1, 0.15) is 42.3 Å². The first-order chi connectivity index (χ1) is 11.4. The van der Waals surface area contributed by atoms with E-state index in [2.05, 4.69) is 31.3 Å². The Balaban J connectivity index is 1.91. The molecule has 1 heterocycles. The van der Waals surface area contributed by atoms with E-state index in [0.29, 0.717) is 31.3 Å². The van der Waals surface area contributed by atoms with E-state index in [1.807, 2.05) is 32.0 Å². The average Bonchev–Trinajstić information content (AvgIpc) is 2.79. The topological polar surface area (TPSA) is 51.1 Å². The number of aromatic nitrogens is 1. The molecule has 1 atom stereocenters. The van der Waals surface area contributed by atoms with Crippen molar-refractivity contribution in [2.45, 2.75) is 46.6 Å². The van der Waals surface area contributed by atoms with Crippen LogP contribution in [0.5, 0.6) is 0 Å². The maximum absolute atomic E-state index is 12.2. The summed E-state index contributed by atoms with van der Waals surface area (Å²) in [5.41, 5.74) is 2.20. The molecule has 0 bridgehead atoms. The lowest BCUT2D eigenvalue weighted by atomic mass is 9.88. The average molecular weight is 346 g/mol. The fraction of sp³-hybridized carbons (Fsp3) is 0.474. The van der Waals surface area contributed by atoms with Crippen molar-refractivity contribution in [3.63, 3.8) is 0 Å². The van der Waals surface area contributed by atoms with Gasteiger partial charge in [-0.25, -0.2) is 0 Å². The lowest BCUT2D eigenvalue weighted by Gasteiger charge is -2.22. The zero-order chi connectivity index (χ0) is 17.7. The molecule has 5 heteroatoms. The zero-order valence-corrected chi connectivity index (χ0v) is 15.7. The van der Waals surface area contributed by atoms with Gasteiger partial charge in [0.2, 0.25) is 5.91 Å². The zero-order valence-electron chi connectivity index (χ0n) is 14.8. The van der Waals surface area contributed by atoms with Crippen molar-refractivity contribution in [1.82, 2.24) is 9.88 Å². The van der Waals surface area contributed by atoms with Gasteiger partial charge in [-0.05, 0) is 25.3 Å². The molecule has 2 rings (SSSR count). The number of nitrogens with one attached hydrogen (secondary N) is 1. The third-order valence-electron chi connectivity index (χ3n) is 4.49. The fourth-order valence-electron chi connectivity index (χ4n) is 2.81. The molecule has 0 radical (unpaired) electrons. The van der Waals surface area contributed by atoms with E-state index in [1.54, 1.807) is 4.57 Å². The van der Waals surface area contributed by atoms with E-state index in [4.69, 9.17) is 0 Å². The van der Waals surface area contributed by atoms with Crippen LogP contribution in [0.3, 0.4) is 0 Å². The quantitative estimate of drug-likeness (QED) is 0.834. The summed E-state index contributed by atoms with van der Waals surface area (Å²) >= 11 is 1.24. The predicted molar refractivity (Wildman–Crippen MR) is 99.7 cm³/mol. The molecule has 130 valence electrons. The molecular formula is C19H26N2O2S. The van der Waals surface area contributed by atoms with Crippen LogP contribution in [-0.2, 0) is 11.3 Å². The number of amides is 1. The predicted octanol–water partition coefficient (Wildman–Crippen LogP) is 3.47. The maximum atomic E-state index is 12.2. The maximum Gasteiger partial charge on any atom is 0.307 e. The summed E-state index contributed by atoms with van der Waals surface area (Å²) in [5.74, 6) is 0.729. The summed E-state index contributed by atoms with van der Waals surface area (Å²) in [6.45, 7) is 9.26. The van der Waals surface area contributed by atoms with Gasteiger partial charge in [0.25, 0.3) is 0 Å². The minimum atomic E-state index is -0.00765. The lowest BCUT2D eigenvalue weighted by molar-refractivity contribution is -0.121. The van der Waals surface area contributed by atoms with Crippen LogP contribution in [0.15, 0.2) is 35.1 Å². The van der Waals surface area contributed by atoms with Crippen molar-refractivity contribution in [3.8, 4) is 0 Å². The molecule has 0 fully saturated rings. The van der Waals surface area contributed by atoms with Gasteiger partial charge in [0.1, 0.15) is 0 Å². The van der Waals surface area contributed by atoms with Crippen molar-refractivity contribution >= 4 is 17.2 Å². The first kappa shape index (κ1) is 18.5. The standard InChI is InChI=1S/C19H26N2O2S/c1-13(2)17(16-8-6-5-7-9-16)12-20-18(22)10-11-21-14(3)15(4)24-19(21)23/h5-9,13,17H,10-12H2,1-4H3,(H,20,22). The van der Waals surface area contributed by atoms with E-state index in [-0.39, 0.29) is 10.8 Å². The summed E-state index contributed by atoms with van der Waals surface area (Å²) < 4.78 is 1.69. The molecule has 0 aliphatic rings. The molecule has 1 unspecified atom stereocenters. The Morgan fingerprint density at radius 2 is 1.88 bits per heavy atom. The van der Waals surface area contributed by atoms with Crippen LogP contribution in [0, 0.1) is 19.8 Å². The molecule has 0 saturated heterocycles. The molecule has 24 heavy (non-hydrogen) atoms. The Morgan fingerprint density at radius 3 is 2.42 bits per heavy atom. The smallest absolute Gasteiger partial charge is 0.307 e. The molecule has 0 saturated carbocycles. The largest absolute Gasteiger partial charge is 0.355 e. The Morgan fingerprint density at radius 1 is 1.21 bits per heavy atom. The van der Waals surface area contributed by atoms with Gasteiger partial charge < -0.3 is 9.88 Å². The normalized spacial score (nSPS) is 12.4. The molecule has 1 amide bonds. The molecule has 4 nitrogen and oxygen atoms in total. The minimum absolute atomic E-state index is 0.00765. The molecule has 0 aliphatic heterocycles. The van der Waals surface area contributed by atoms with E-state index in [0.717, 1.165) is 10.6 Å². The Kier molecular flexibility index (Phi) is 6.37. The highest BCUT2D eigenvalue weighted by molar-refractivity contribution is 7.09. The van der Waals surface area contributed by atoms with Crippen LogP contribution in [0.2, 0.25) is 0 Å². The second kappa shape index (κ2) is 8.29. The minimum Gasteiger partial charge on any atom is -0.355 e. The van der Waals surface area contributed by atoms with Crippen molar-refractivity contribution < 1.29 is 4.79 Å².